The molecule has 0 unspecified atom stereocenters. The lowest BCUT2D eigenvalue weighted by Gasteiger charge is -2.10. The molecule has 4 rings (SSSR count). The predicted molar refractivity (Wildman–Crippen MR) is 132 cm³/mol. The summed E-state index contributed by atoms with van der Waals surface area (Å²) in [4.78, 5) is 25.1. The van der Waals surface area contributed by atoms with Gasteiger partial charge in [-0.3, -0.25) is 9.59 Å². The van der Waals surface area contributed by atoms with Gasteiger partial charge in [0, 0.05) is 27.8 Å². The van der Waals surface area contributed by atoms with Crippen LogP contribution in [0.2, 0.25) is 0 Å². The standard InChI is InChI=1S/C27H21BrN2O2/c28-24-14-12-20(13-15-24)22-9-5-10-23(17-22)26(31)29-18-19-6-4-11-25(16-19)30-27(32)21-7-2-1-3-8-21/h1-17H,18H2,(H,29,31)(H,30,32). The van der Waals surface area contributed by atoms with Crippen molar-refractivity contribution in [2.45, 2.75) is 6.54 Å². The molecule has 4 aromatic carbocycles. The van der Waals surface area contributed by atoms with E-state index in [1.165, 1.54) is 0 Å². The smallest absolute Gasteiger partial charge is 0.255 e. The van der Waals surface area contributed by atoms with Crippen LogP contribution < -0.4 is 10.6 Å². The lowest BCUT2D eigenvalue weighted by Crippen LogP contribution is -2.22. The zero-order chi connectivity index (χ0) is 22.3. The van der Waals surface area contributed by atoms with Crippen molar-refractivity contribution in [3.63, 3.8) is 0 Å². The molecule has 0 fully saturated rings. The number of amides is 2. The summed E-state index contributed by atoms with van der Waals surface area (Å²) in [5.74, 6) is -0.320. The summed E-state index contributed by atoms with van der Waals surface area (Å²) in [6.45, 7) is 0.358. The van der Waals surface area contributed by atoms with Gasteiger partial charge in [-0.2, -0.15) is 0 Å². The van der Waals surface area contributed by atoms with E-state index in [2.05, 4.69) is 26.6 Å². The third-order valence-electron chi connectivity index (χ3n) is 4.98. The van der Waals surface area contributed by atoms with Crippen molar-refractivity contribution in [2.24, 2.45) is 0 Å². The first-order valence-electron chi connectivity index (χ1n) is 10.2. The van der Waals surface area contributed by atoms with Gasteiger partial charge in [0.25, 0.3) is 11.8 Å². The first kappa shape index (κ1) is 21.5. The predicted octanol–water partition coefficient (Wildman–Crippen LogP) is 6.30. The van der Waals surface area contributed by atoms with Crippen LogP contribution >= 0.6 is 15.9 Å². The molecule has 0 spiro atoms. The third-order valence-corrected chi connectivity index (χ3v) is 5.50. The summed E-state index contributed by atoms with van der Waals surface area (Å²) in [6.07, 6.45) is 0. The van der Waals surface area contributed by atoms with Crippen LogP contribution in [0, 0.1) is 0 Å². The highest BCUT2D eigenvalue weighted by molar-refractivity contribution is 9.10. The van der Waals surface area contributed by atoms with E-state index >= 15 is 0 Å². The molecule has 0 aliphatic rings. The van der Waals surface area contributed by atoms with Crippen molar-refractivity contribution < 1.29 is 9.59 Å². The molecule has 0 aromatic heterocycles. The summed E-state index contributed by atoms with van der Waals surface area (Å²) >= 11 is 3.44. The van der Waals surface area contributed by atoms with Crippen molar-refractivity contribution in [3.8, 4) is 11.1 Å². The quantitative estimate of drug-likeness (QED) is 0.337. The van der Waals surface area contributed by atoms with Crippen molar-refractivity contribution in [1.29, 1.82) is 0 Å². The van der Waals surface area contributed by atoms with Crippen molar-refractivity contribution >= 4 is 33.4 Å². The molecule has 0 aliphatic heterocycles. The molecule has 0 aliphatic carbocycles. The molecule has 0 radical (unpaired) electrons. The first-order valence-corrected chi connectivity index (χ1v) is 11.0. The van der Waals surface area contributed by atoms with E-state index in [1.54, 1.807) is 18.2 Å². The normalized spacial score (nSPS) is 10.4. The molecule has 5 heteroatoms. The molecule has 0 atom stereocenters. The minimum absolute atomic E-state index is 0.150. The number of carbonyl (C=O) groups excluding carboxylic acids is 2. The second-order valence-corrected chi connectivity index (χ2v) is 8.21. The maximum atomic E-state index is 12.7. The second kappa shape index (κ2) is 10.1. The molecule has 2 amide bonds. The zero-order valence-electron chi connectivity index (χ0n) is 17.2. The van der Waals surface area contributed by atoms with Crippen LogP contribution in [0.5, 0.6) is 0 Å². The van der Waals surface area contributed by atoms with Gasteiger partial charge >= 0.3 is 0 Å². The van der Waals surface area contributed by atoms with Gasteiger partial charge in [0.05, 0.1) is 0 Å². The Balaban J connectivity index is 1.40. The second-order valence-electron chi connectivity index (χ2n) is 7.29. The molecule has 0 saturated heterocycles. The Morgan fingerprint density at radius 3 is 2.16 bits per heavy atom. The molecule has 4 aromatic rings. The Morgan fingerprint density at radius 2 is 1.38 bits per heavy atom. The number of carbonyl (C=O) groups is 2. The molecule has 32 heavy (non-hydrogen) atoms. The highest BCUT2D eigenvalue weighted by Gasteiger charge is 2.09. The number of anilines is 1. The summed E-state index contributed by atoms with van der Waals surface area (Å²) in [5.41, 5.74) is 4.80. The SMILES string of the molecule is O=C(NCc1cccc(NC(=O)c2ccccc2)c1)c1cccc(-c2ccc(Br)cc2)c1. The van der Waals surface area contributed by atoms with Crippen LogP contribution in [0.1, 0.15) is 26.3 Å². The van der Waals surface area contributed by atoms with E-state index < -0.39 is 0 Å². The monoisotopic (exact) mass is 484 g/mol. The summed E-state index contributed by atoms with van der Waals surface area (Å²) < 4.78 is 1.01. The van der Waals surface area contributed by atoms with Crippen LogP contribution in [0.15, 0.2) is 108 Å². The topological polar surface area (TPSA) is 58.2 Å². The fourth-order valence-electron chi connectivity index (χ4n) is 3.32. The summed E-state index contributed by atoms with van der Waals surface area (Å²) in [5, 5.41) is 5.85. The van der Waals surface area contributed by atoms with Crippen molar-refractivity contribution in [1.82, 2.24) is 5.32 Å². The maximum absolute atomic E-state index is 12.7. The number of rotatable bonds is 6. The molecule has 0 saturated carbocycles. The zero-order valence-corrected chi connectivity index (χ0v) is 18.8. The Morgan fingerprint density at radius 1 is 0.656 bits per heavy atom. The third kappa shape index (κ3) is 5.50. The number of hydrogen-bond donors (Lipinski definition) is 2. The van der Waals surface area contributed by atoms with Gasteiger partial charge in [-0.15, -0.1) is 0 Å². The lowest BCUT2D eigenvalue weighted by molar-refractivity contribution is 0.0950. The number of halogens is 1. The van der Waals surface area contributed by atoms with Crippen LogP contribution in [0.3, 0.4) is 0 Å². The fraction of sp³-hybridized carbons (Fsp3) is 0.0370. The van der Waals surface area contributed by atoms with Crippen molar-refractivity contribution in [3.05, 3.63) is 124 Å². The Bertz CT molecular complexity index is 1240. The fourth-order valence-corrected chi connectivity index (χ4v) is 3.58. The summed E-state index contributed by atoms with van der Waals surface area (Å²) in [7, 11) is 0. The van der Waals surface area contributed by atoms with E-state index in [1.807, 2.05) is 84.9 Å². The molecular weight excluding hydrogens is 464 g/mol. The Labute approximate surface area is 195 Å². The molecule has 158 valence electrons. The van der Waals surface area contributed by atoms with E-state index in [4.69, 9.17) is 0 Å². The van der Waals surface area contributed by atoms with Crippen LogP contribution in [0.4, 0.5) is 5.69 Å². The number of hydrogen-bond acceptors (Lipinski definition) is 2. The van der Waals surface area contributed by atoms with Gasteiger partial charge < -0.3 is 10.6 Å². The number of nitrogens with one attached hydrogen (secondary N) is 2. The van der Waals surface area contributed by atoms with Gasteiger partial charge in [-0.1, -0.05) is 70.5 Å². The van der Waals surface area contributed by atoms with Gasteiger partial charge in [-0.05, 0) is 65.2 Å². The average Bonchev–Trinajstić information content (AvgIpc) is 2.84. The Hall–Kier alpha value is -3.70. The average molecular weight is 485 g/mol. The van der Waals surface area contributed by atoms with Crippen LogP contribution in [0.25, 0.3) is 11.1 Å². The highest BCUT2D eigenvalue weighted by Crippen LogP contribution is 2.23. The van der Waals surface area contributed by atoms with Gasteiger partial charge in [0.15, 0.2) is 0 Å². The summed E-state index contributed by atoms with van der Waals surface area (Å²) in [6, 6.07) is 32.0. The van der Waals surface area contributed by atoms with Crippen LogP contribution in [-0.4, -0.2) is 11.8 Å². The first-order chi connectivity index (χ1) is 15.6. The Kier molecular flexibility index (Phi) is 6.78. The van der Waals surface area contributed by atoms with Gasteiger partial charge in [0.1, 0.15) is 0 Å². The minimum Gasteiger partial charge on any atom is -0.348 e. The molecular formula is C27H21BrN2O2. The van der Waals surface area contributed by atoms with Gasteiger partial charge in [0.2, 0.25) is 0 Å². The lowest BCUT2D eigenvalue weighted by atomic mass is 10.0. The van der Waals surface area contributed by atoms with Crippen molar-refractivity contribution in [2.75, 3.05) is 5.32 Å². The van der Waals surface area contributed by atoms with E-state index in [9.17, 15) is 9.59 Å². The van der Waals surface area contributed by atoms with E-state index in [0.29, 0.717) is 23.4 Å². The van der Waals surface area contributed by atoms with Gasteiger partial charge in [-0.25, -0.2) is 0 Å². The van der Waals surface area contributed by atoms with E-state index in [-0.39, 0.29) is 11.8 Å². The van der Waals surface area contributed by atoms with E-state index in [0.717, 1.165) is 21.2 Å². The molecule has 4 nitrogen and oxygen atoms in total. The molecule has 2 N–H and O–H groups in total. The molecule has 0 heterocycles. The maximum Gasteiger partial charge on any atom is 0.255 e. The van der Waals surface area contributed by atoms with Crippen LogP contribution in [-0.2, 0) is 6.54 Å². The largest absolute Gasteiger partial charge is 0.348 e. The number of benzene rings is 4. The minimum atomic E-state index is -0.170. The molecule has 0 bridgehead atoms. The highest BCUT2D eigenvalue weighted by atomic mass is 79.9.